The molecule has 0 saturated carbocycles. The topological polar surface area (TPSA) is 99.4 Å². The van der Waals surface area contributed by atoms with Gasteiger partial charge in [0.15, 0.2) is 0 Å². The molecule has 0 radical (unpaired) electrons. The number of hydrogen-bond donors (Lipinski definition) is 1. The van der Waals surface area contributed by atoms with E-state index in [1.807, 2.05) is 30.3 Å². The molecule has 1 N–H and O–H groups in total. The Morgan fingerprint density at radius 2 is 1.89 bits per heavy atom. The summed E-state index contributed by atoms with van der Waals surface area (Å²) < 4.78 is 8.56. The van der Waals surface area contributed by atoms with Crippen molar-refractivity contribution in [3.8, 4) is 5.75 Å². The Kier molecular flexibility index (Phi) is 7.57. The van der Waals surface area contributed by atoms with Gasteiger partial charge in [-0.15, -0.1) is 11.3 Å². The van der Waals surface area contributed by atoms with Crippen molar-refractivity contribution in [3.05, 3.63) is 97.5 Å². The lowest BCUT2D eigenvalue weighted by Gasteiger charge is -2.14. The molecule has 35 heavy (non-hydrogen) atoms. The predicted octanol–water partition coefficient (Wildman–Crippen LogP) is 3.19. The molecule has 180 valence electrons. The van der Waals surface area contributed by atoms with Gasteiger partial charge in [0.05, 0.1) is 19.2 Å². The summed E-state index contributed by atoms with van der Waals surface area (Å²) >= 11 is 1.26. The number of carbonyl (C=O) groups is 2. The number of ether oxygens (including phenoxy) is 1. The largest absolute Gasteiger partial charge is 0.496 e. The van der Waals surface area contributed by atoms with Crippen LogP contribution in [0.1, 0.15) is 34.3 Å². The molecule has 0 unspecified atom stereocenters. The third-order valence-corrected chi connectivity index (χ3v) is 6.62. The van der Waals surface area contributed by atoms with E-state index in [9.17, 15) is 19.2 Å². The summed E-state index contributed by atoms with van der Waals surface area (Å²) in [6, 6.07) is 16.3. The predicted molar refractivity (Wildman–Crippen MR) is 135 cm³/mol. The molecule has 4 aromatic rings. The molecule has 0 aliphatic heterocycles. The fourth-order valence-electron chi connectivity index (χ4n) is 3.93. The zero-order valence-corrected chi connectivity index (χ0v) is 20.0. The number of aldehydes is 1. The molecule has 0 aliphatic carbocycles. The van der Waals surface area contributed by atoms with Crippen LogP contribution < -0.4 is 21.3 Å². The van der Waals surface area contributed by atoms with E-state index in [4.69, 9.17) is 4.74 Å². The fraction of sp³-hybridized carbons (Fsp3) is 0.231. The molecule has 8 nitrogen and oxygen atoms in total. The summed E-state index contributed by atoms with van der Waals surface area (Å²) in [4.78, 5) is 49.9. The molecular formula is C26H25N3O5S. The molecule has 0 fully saturated rings. The van der Waals surface area contributed by atoms with Gasteiger partial charge < -0.3 is 10.1 Å². The second-order valence-electron chi connectivity index (χ2n) is 8.02. The van der Waals surface area contributed by atoms with Crippen molar-refractivity contribution in [1.82, 2.24) is 14.5 Å². The minimum atomic E-state index is -0.468. The highest BCUT2D eigenvalue weighted by atomic mass is 32.1. The highest BCUT2D eigenvalue weighted by molar-refractivity contribution is 7.17. The fourth-order valence-corrected chi connectivity index (χ4v) is 4.77. The number of benzene rings is 2. The molecule has 2 aromatic carbocycles. The first-order valence-electron chi connectivity index (χ1n) is 11.2. The summed E-state index contributed by atoms with van der Waals surface area (Å²) in [6.07, 6.45) is 1.27. The average Bonchev–Trinajstić information content (AvgIpc) is 3.38. The number of fused-ring (bicyclic) bond motifs is 1. The number of rotatable bonds is 10. The Labute approximate surface area is 205 Å². The van der Waals surface area contributed by atoms with Crippen LogP contribution in [0.3, 0.4) is 0 Å². The van der Waals surface area contributed by atoms with Crippen molar-refractivity contribution in [1.29, 1.82) is 0 Å². The molecule has 0 saturated heterocycles. The van der Waals surface area contributed by atoms with E-state index in [1.54, 1.807) is 29.6 Å². The van der Waals surface area contributed by atoms with Gasteiger partial charge in [-0.2, -0.15) is 0 Å². The number of methoxy groups -OCH3 is 1. The van der Waals surface area contributed by atoms with Gasteiger partial charge in [-0.3, -0.25) is 23.5 Å². The Balaban J connectivity index is 1.55. The van der Waals surface area contributed by atoms with Crippen LogP contribution in [0.4, 0.5) is 0 Å². The number of aromatic nitrogens is 2. The maximum atomic E-state index is 13.4. The van der Waals surface area contributed by atoms with E-state index in [-0.39, 0.29) is 31.0 Å². The smallest absolute Gasteiger partial charge is 0.331 e. The monoisotopic (exact) mass is 491 g/mol. The van der Waals surface area contributed by atoms with Gasteiger partial charge in [0.25, 0.3) is 5.56 Å². The van der Waals surface area contributed by atoms with E-state index in [2.05, 4.69) is 5.32 Å². The Morgan fingerprint density at radius 1 is 1.09 bits per heavy atom. The van der Waals surface area contributed by atoms with Crippen molar-refractivity contribution >= 4 is 33.7 Å². The molecular weight excluding hydrogens is 466 g/mol. The van der Waals surface area contributed by atoms with E-state index in [0.29, 0.717) is 40.1 Å². The summed E-state index contributed by atoms with van der Waals surface area (Å²) in [5.74, 6) is 0.397. The zero-order chi connectivity index (χ0) is 24.8. The first-order chi connectivity index (χ1) is 17.0. The van der Waals surface area contributed by atoms with Crippen LogP contribution in [0.25, 0.3) is 10.2 Å². The minimum absolute atomic E-state index is 0.121. The number of thiophene rings is 1. The summed E-state index contributed by atoms with van der Waals surface area (Å²) in [5.41, 5.74) is 1.80. The molecule has 9 heteroatoms. The van der Waals surface area contributed by atoms with Crippen LogP contribution in [0.15, 0.2) is 69.6 Å². The lowest BCUT2D eigenvalue weighted by atomic mass is 10.1. The summed E-state index contributed by atoms with van der Waals surface area (Å²) in [5, 5.41) is 4.62. The van der Waals surface area contributed by atoms with Gasteiger partial charge in [-0.25, -0.2) is 4.79 Å². The van der Waals surface area contributed by atoms with Crippen LogP contribution in [0, 0.1) is 0 Å². The quantitative estimate of drug-likeness (QED) is 0.344. The molecule has 2 aromatic heterocycles. The van der Waals surface area contributed by atoms with Crippen molar-refractivity contribution < 1.29 is 14.3 Å². The van der Waals surface area contributed by atoms with Crippen LogP contribution in [-0.4, -0.2) is 28.4 Å². The van der Waals surface area contributed by atoms with Gasteiger partial charge >= 0.3 is 5.69 Å². The Bertz CT molecular complexity index is 1470. The lowest BCUT2D eigenvalue weighted by molar-refractivity contribution is -0.121. The van der Waals surface area contributed by atoms with Gasteiger partial charge in [0.1, 0.15) is 16.7 Å². The third kappa shape index (κ3) is 5.41. The standard InChI is InChI=1S/C26H25N3O5S/c1-34-22-10-9-19(17-30)14-20(22)16-29-21-11-13-35-24(21)25(32)28(26(29)33)12-5-8-23(31)27-15-18-6-3-2-4-7-18/h2-4,6-7,9-11,13-14,17H,5,8,12,15-16H2,1H3,(H,27,31). The van der Waals surface area contributed by atoms with Crippen molar-refractivity contribution in [2.45, 2.75) is 32.5 Å². The lowest BCUT2D eigenvalue weighted by Crippen LogP contribution is -2.40. The summed E-state index contributed by atoms with van der Waals surface area (Å²) in [6.45, 7) is 0.680. The second-order valence-corrected chi connectivity index (χ2v) is 8.93. The van der Waals surface area contributed by atoms with Gasteiger partial charge in [0, 0.05) is 30.6 Å². The zero-order valence-electron chi connectivity index (χ0n) is 19.2. The van der Waals surface area contributed by atoms with E-state index >= 15 is 0 Å². The van der Waals surface area contributed by atoms with Crippen molar-refractivity contribution in [2.75, 3.05) is 7.11 Å². The number of hydrogen-bond acceptors (Lipinski definition) is 6. The van der Waals surface area contributed by atoms with Crippen LogP contribution in [0.5, 0.6) is 5.75 Å². The highest BCUT2D eigenvalue weighted by Crippen LogP contribution is 2.22. The molecule has 0 bridgehead atoms. The van der Waals surface area contributed by atoms with Crippen molar-refractivity contribution in [2.24, 2.45) is 0 Å². The van der Waals surface area contributed by atoms with E-state index in [0.717, 1.165) is 11.8 Å². The van der Waals surface area contributed by atoms with Crippen LogP contribution >= 0.6 is 11.3 Å². The molecule has 4 rings (SSSR count). The molecule has 0 atom stereocenters. The molecule has 0 aliphatic rings. The molecule has 0 spiro atoms. The number of amides is 1. The van der Waals surface area contributed by atoms with Gasteiger partial charge in [-0.1, -0.05) is 30.3 Å². The summed E-state index contributed by atoms with van der Waals surface area (Å²) in [7, 11) is 1.52. The Morgan fingerprint density at radius 3 is 2.63 bits per heavy atom. The van der Waals surface area contributed by atoms with Crippen LogP contribution in [0.2, 0.25) is 0 Å². The third-order valence-electron chi connectivity index (χ3n) is 5.72. The first kappa shape index (κ1) is 24.2. The van der Waals surface area contributed by atoms with Crippen molar-refractivity contribution in [3.63, 3.8) is 0 Å². The SMILES string of the molecule is COc1ccc(C=O)cc1Cn1c(=O)n(CCCC(=O)NCc2ccccc2)c(=O)c2sccc21. The van der Waals surface area contributed by atoms with E-state index in [1.165, 1.54) is 27.6 Å². The van der Waals surface area contributed by atoms with Crippen LogP contribution in [-0.2, 0) is 24.4 Å². The Hall–Kier alpha value is -3.98. The molecule has 2 heterocycles. The first-order valence-corrected chi connectivity index (χ1v) is 12.0. The van der Waals surface area contributed by atoms with E-state index < -0.39 is 5.69 Å². The second kappa shape index (κ2) is 11.0. The number of carbonyl (C=O) groups excluding carboxylic acids is 2. The number of nitrogens with zero attached hydrogens (tertiary/aromatic N) is 2. The van der Waals surface area contributed by atoms with Gasteiger partial charge in [-0.05, 0) is 41.6 Å². The maximum Gasteiger partial charge on any atom is 0.331 e. The number of nitrogens with one attached hydrogen (secondary N) is 1. The highest BCUT2D eigenvalue weighted by Gasteiger charge is 2.16. The normalized spacial score (nSPS) is 10.9. The van der Waals surface area contributed by atoms with Gasteiger partial charge in [0.2, 0.25) is 5.91 Å². The average molecular weight is 492 g/mol. The molecule has 1 amide bonds. The maximum absolute atomic E-state index is 13.4. The minimum Gasteiger partial charge on any atom is -0.496 e.